The first-order valence-corrected chi connectivity index (χ1v) is 9.97. The van der Waals surface area contributed by atoms with E-state index in [-0.39, 0.29) is 10.6 Å². The Balaban J connectivity index is 1.74. The third-order valence-corrected chi connectivity index (χ3v) is 5.70. The first kappa shape index (κ1) is 18.9. The molecular weight excluding hydrogens is 393 g/mol. The van der Waals surface area contributed by atoms with Gasteiger partial charge in [0, 0.05) is 5.69 Å². The van der Waals surface area contributed by atoms with Gasteiger partial charge >= 0.3 is 5.97 Å². The fourth-order valence-corrected chi connectivity index (χ4v) is 4.01. The molecule has 9 heteroatoms. The summed E-state index contributed by atoms with van der Waals surface area (Å²) in [6.45, 7) is 0. The number of carbonyl (C=O) groups is 1. The molecule has 27 heavy (non-hydrogen) atoms. The Hall–Kier alpha value is -2.91. The predicted molar refractivity (Wildman–Crippen MR) is 99.4 cm³/mol. The molecular formula is C18H14FNO5S2. The molecule has 1 aromatic heterocycles. The summed E-state index contributed by atoms with van der Waals surface area (Å²) in [5, 5.41) is 1.70. The van der Waals surface area contributed by atoms with Crippen molar-refractivity contribution in [3.63, 3.8) is 0 Å². The quantitative estimate of drug-likeness (QED) is 0.617. The van der Waals surface area contributed by atoms with Crippen molar-refractivity contribution >= 4 is 33.0 Å². The lowest BCUT2D eigenvalue weighted by Crippen LogP contribution is -2.13. The monoisotopic (exact) mass is 407 g/mol. The van der Waals surface area contributed by atoms with Gasteiger partial charge in [-0.1, -0.05) is 6.07 Å². The van der Waals surface area contributed by atoms with E-state index in [2.05, 4.69) is 9.46 Å². The Morgan fingerprint density at radius 1 is 1.11 bits per heavy atom. The fraction of sp³-hybridized carbons (Fsp3) is 0.0556. The molecule has 6 nitrogen and oxygen atoms in total. The van der Waals surface area contributed by atoms with Gasteiger partial charge in [-0.25, -0.2) is 17.6 Å². The summed E-state index contributed by atoms with van der Waals surface area (Å²) in [4.78, 5) is 11.8. The van der Waals surface area contributed by atoms with Crippen LogP contribution in [0.5, 0.6) is 11.5 Å². The molecule has 2 aromatic carbocycles. The van der Waals surface area contributed by atoms with Crippen LogP contribution in [0.25, 0.3) is 0 Å². The zero-order chi connectivity index (χ0) is 19.4. The van der Waals surface area contributed by atoms with Crippen LogP contribution in [0.2, 0.25) is 0 Å². The zero-order valence-electron chi connectivity index (χ0n) is 14.0. The third-order valence-electron chi connectivity index (χ3n) is 3.44. The first-order valence-electron chi connectivity index (χ1n) is 7.61. The first-order chi connectivity index (χ1) is 12.9. The molecule has 140 valence electrons. The van der Waals surface area contributed by atoms with Crippen LogP contribution in [0, 0.1) is 5.82 Å². The second kappa shape index (κ2) is 7.77. The van der Waals surface area contributed by atoms with Crippen LogP contribution < -0.4 is 9.46 Å². The van der Waals surface area contributed by atoms with Crippen molar-refractivity contribution in [2.24, 2.45) is 0 Å². The Morgan fingerprint density at radius 2 is 1.85 bits per heavy atom. The molecule has 0 saturated heterocycles. The summed E-state index contributed by atoms with van der Waals surface area (Å²) in [7, 11) is -2.63. The number of ether oxygens (including phenoxy) is 2. The molecule has 0 atom stereocenters. The summed E-state index contributed by atoms with van der Waals surface area (Å²) in [5.41, 5.74) is 0.283. The van der Waals surface area contributed by atoms with E-state index in [1.807, 2.05) is 0 Å². The fourth-order valence-electron chi connectivity index (χ4n) is 2.19. The minimum Gasteiger partial charge on any atom is -0.465 e. The van der Waals surface area contributed by atoms with Gasteiger partial charge in [0.2, 0.25) is 0 Å². The molecule has 1 N–H and O–H groups in total. The highest BCUT2D eigenvalue weighted by molar-refractivity contribution is 7.92. The van der Waals surface area contributed by atoms with E-state index in [1.165, 1.54) is 42.7 Å². The molecule has 3 rings (SSSR count). The normalized spacial score (nSPS) is 11.0. The second-order valence-corrected chi connectivity index (χ2v) is 7.89. The molecule has 0 aliphatic heterocycles. The van der Waals surface area contributed by atoms with Crippen LogP contribution in [0.1, 0.15) is 9.67 Å². The van der Waals surface area contributed by atoms with E-state index in [9.17, 15) is 17.6 Å². The Labute approximate surface area is 159 Å². The second-order valence-electron chi connectivity index (χ2n) is 5.29. The van der Waals surface area contributed by atoms with E-state index < -0.39 is 21.8 Å². The Bertz CT molecular complexity index is 1060. The molecule has 0 saturated carbocycles. The van der Waals surface area contributed by atoms with Crippen molar-refractivity contribution in [1.82, 2.24) is 0 Å². The number of nitrogens with one attached hydrogen (secondary N) is 1. The van der Waals surface area contributed by atoms with Crippen LogP contribution in [0.3, 0.4) is 0 Å². The average Bonchev–Trinajstić information content (AvgIpc) is 3.10. The standard InChI is InChI=1S/C18H14FNO5S2/c1-24-18(21)17-16(9-10-26-17)25-14-7-5-13(6-8-14)20-27(22,23)15-4-2-3-12(19)11-15/h2-11,20H,1H3. The smallest absolute Gasteiger partial charge is 0.351 e. The van der Waals surface area contributed by atoms with Crippen LogP contribution in [-0.2, 0) is 14.8 Å². The lowest BCUT2D eigenvalue weighted by molar-refractivity contribution is 0.0604. The maximum Gasteiger partial charge on any atom is 0.351 e. The van der Waals surface area contributed by atoms with Gasteiger partial charge in [0.25, 0.3) is 10.0 Å². The average molecular weight is 407 g/mol. The molecule has 0 spiro atoms. The largest absolute Gasteiger partial charge is 0.465 e. The summed E-state index contributed by atoms with van der Waals surface area (Å²) in [6.07, 6.45) is 0. The van der Waals surface area contributed by atoms with Crippen molar-refractivity contribution in [1.29, 1.82) is 0 Å². The van der Waals surface area contributed by atoms with Gasteiger partial charge < -0.3 is 9.47 Å². The van der Waals surface area contributed by atoms with Crippen LogP contribution >= 0.6 is 11.3 Å². The number of esters is 1. The van der Waals surface area contributed by atoms with Crippen molar-refractivity contribution < 1.29 is 27.1 Å². The molecule has 0 aliphatic carbocycles. The predicted octanol–water partition coefficient (Wildman–Crippen LogP) is 4.27. The number of carbonyl (C=O) groups excluding carboxylic acids is 1. The lowest BCUT2D eigenvalue weighted by atomic mass is 10.3. The minimum absolute atomic E-state index is 0.177. The zero-order valence-corrected chi connectivity index (χ0v) is 15.6. The molecule has 0 bridgehead atoms. The van der Waals surface area contributed by atoms with Gasteiger partial charge in [-0.2, -0.15) is 0 Å². The molecule has 0 radical (unpaired) electrons. The summed E-state index contributed by atoms with van der Waals surface area (Å²) >= 11 is 1.19. The van der Waals surface area contributed by atoms with Crippen LogP contribution in [0.15, 0.2) is 64.9 Å². The maximum atomic E-state index is 13.2. The Morgan fingerprint density at radius 3 is 2.52 bits per heavy atom. The van der Waals surface area contributed by atoms with Gasteiger partial charge in [-0.15, -0.1) is 11.3 Å². The van der Waals surface area contributed by atoms with Gasteiger partial charge in [0.1, 0.15) is 11.6 Å². The van der Waals surface area contributed by atoms with E-state index >= 15 is 0 Å². The number of hydrogen-bond acceptors (Lipinski definition) is 6. The SMILES string of the molecule is COC(=O)c1sccc1Oc1ccc(NS(=O)(=O)c2cccc(F)c2)cc1. The number of thiophene rings is 1. The van der Waals surface area contributed by atoms with E-state index in [4.69, 9.17) is 4.74 Å². The topological polar surface area (TPSA) is 81.7 Å². The maximum absolute atomic E-state index is 13.2. The van der Waals surface area contributed by atoms with E-state index in [0.29, 0.717) is 16.4 Å². The molecule has 0 aliphatic rings. The number of hydrogen-bond donors (Lipinski definition) is 1. The number of halogens is 1. The van der Waals surface area contributed by atoms with Crippen molar-refractivity contribution in [3.8, 4) is 11.5 Å². The number of rotatable bonds is 6. The summed E-state index contributed by atoms with van der Waals surface area (Å²) < 4.78 is 50.5. The highest BCUT2D eigenvalue weighted by atomic mass is 32.2. The highest BCUT2D eigenvalue weighted by Crippen LogP contribution is 2.31. The number of sulfonamides is 1. The Kier molecular flexibility index (Phi) is 5.43. The third kappa shape index (κ3) is 4.44. The van der Waals surface area contributed by atoms with Gasteiger partial charge in [-0.05, 0) is 53.9 Å². The molecule has 1 heterocycles. The summed E-state index contributed by atoms with van der Waals surface area (Å²) in [6, 6.07) is 12.4. The van der Waals surface area contributed by atoms with Crippen molar-refractivity contribution in [2.75, 3.05) is 11.8 Å². The van der Waals surface area contributed by atoms with Crippen molar-refractivity contribution in [2.45, 2.75) is 4.90 Å². The highest BCUT2D eigenvalue weighted by Gasteiger charge is 2.17. The molecule has 3 aromatic rings. The van der Waals surface area contributed by atoms with Crippen LogP contribution in [-0.4, -0.2) is 21.5 Å². The van der Waals surface area contributed by atoms with Gasteiger partial charge in [0.05, 0.1) is 12.0 Å². The van der Waals surface area contributed by atoms with Crippen molar-refractivity contribution in [3.05, 3.63) is 70.7 Å². The van der Waals surface area contributed by atoms with Gasteiger partial charge in [0.15, 0.2) is 10.6 Å². The van der Waals surface area contributed by atoms with Gasteiger partial charge in [-0.3, -0.25) is 4.72 Å². The molecule has 0 amide bonds. The summed E-state index contributed by atoms with van der Waals surface area (Å²) in [5.74, 6) is -0.384. The number of benzene rings is 2. The van der Waals surface area contributed by atoms with Crippen LogP contribution in [0.4, 0.5) is 10.1 Å². The molecule has 0 unspecified atom stereocenters. The number of anilines is 1. The minimum atomic E-state index is -3.91. The van der Waals surface area contributed by atoms with E-state index in [1.54, 1.807) is 23.6 Å². The lowest BCUT2D eigenvalue weighted by Gasteiger charge is -2.10. The number of methoxy groups -OCH3 is 1. The molecule has 0 fully saturated rings. The van der Waals surface area contributed by atoms with E-state index in [0.717, 1.165) is 12.1 Å².